The van der Waals surface area contributed by atoms with E-state index in [2.05, 4.69) is 0 Å². The van der Waals surface area contributed by atoms with Crippen molar-refractivity contribution < 1.29 is 29.7 Å². The fourth-order valence-corrected chi connectivity index (χ4v) is 1.71. The summed E-state index contributed by atoms with van der Waals surface area (Å²) in [4.78, 5) is 32.3. The van der Waals surface area contributed by atoms with Crippen LogP contribution in [0.4, 0.5) is 0 Å². The van der Waals surface area contributed by atoms with Gasteiger partial charge in [-0.15, -0.1) is 9.24 Å². The third-order valence-corrected chi connectivity index (χ3v) is 2.52. The van der Waals surface area contributed by atoms with Crippen LogP contribution in [0, 0.1) is 0 Å². The Morgan fingerprint density at radius 1 is 0.875 bits per heavy atom. The average molecular weight is 242 g/mol. The molecule has 0 amide bonds. The van der Waals surface area contributed by atoms with Crippen LogP contribution in [0.15, 0.2) is 12.1 Å². The van der Waals surface area contributed by atoms with Crippen LogP contribution in [0.25, 0.3) is 0 Å². The third kappa shape index (κ3) is 2.01. The van der Waals surface area contributed by atoms with Gasteiger partial charge in [0.05, 0.1) is 16.7 Å². The normalized spacial score (nSPS) is 9.81. The summed E-state index contributed by atoms with van der Waals surface area (Å²) in [6.45, 7) is 0. The van der Waals surface area contributed by atoms with Crippen LogP contribution in [-0.2, 0) is 0 Å². The van der Waals surface area contributed by atoms with E-state index in [1.54, 1.807) is 0 Å². The smallest absolute Gasteiger partial charge is 0.337 e. The van der Waals surface area contributed by atoms with Crippen LogP contribution < -0.4 is 5.30 Å². The van der Waals surface area contributed by atoms with Gasteiger partial charge >= 0.3 is 17.9 Å². The summed E-state index contributed by atoms with van der Waals surface area (Å²) in [7, 11) is 1.94. The molecule has 7 heteroatoms. The van der Waals surface area contributed by atoms with E-state index in [0.29, 0.717) is 0 Å². The van der Waals surface area contributed by atoms with Crippen LogP contribution in [-0.4, -0.2) is 33.2 Å². The van der Waals surface area contributed by atoms with Crippen LogP contribution in [0.3, 0.4) is 0 Å². The van der Waals surface area contributed by atoms with Gasteiger partial charge in [0.15, 0.2) is 0 Å². The Labute approximate surface area is 91.7 Å². The van der Waals surface area contributed by atoms with E-state index in [1.807, 2.05) is 9.24 Å². The van der Waals surface area contributed by atoms with Crippen LogP contribution in [0.1, 0.15) is 31.1 Å². The molecule has 1 rings (SSSR count). The van der Waals surface area contributed by atoms with Gasteiger partial charge in [0.2, 0.25) is 0 Å². The molecule has 0 heterocycles. The minimum absolute atomic E-state index is 0.153. The highest BCUT2D eigenvalue weighted by Gasteiger charge is 2.22. The van der Waals surface area contributed by atoms with Crippen molar-refractivity contribution in [2.75, 3.05) is 0 Å². The maximum Gasteiger partial charge on any atom is 0.337 e. The van der Waals surface area contributed by atoms with Crippen LogP contribution in [0.2, 0.25) is 0 Å². The topological polar surface area (TPSA) is 112 Å². The van der Waals surface area contributed by atoms with E-state index in [9.17, 15) is 14.4 Å². The molecule has 1 aromatic carbocycles. The fourth-order valence-electron chi connectivity index (χ4n) is 1.21. The predicted molar refractivity (Wildman–Crippen MR) is 56.7 cm³/mol. The highest BCUT2D eigenvalue weighted by Crippen LogP contribution is 2.13. The van der Waals surface area contributed by atoms with Gasteiger partial charge in [-0.3, -0.25) is 0 Å². The number of carboxylic acid groups (broad SMARTS) is 3. The lowest BCUT2D eigenvalue weighted by molar-refractivity contribution is 0.0651. The summed E-state index contributed by atoms with van der Waals surface area (Å²) in [5.41, 5.74) is -1.23. The molecule has 6 nitrogen and oxygen atoms in total. The van der Waals surface area contributed by atoms with E-state index in [4.69, 9.17) is 15.3 Å². The molecule has 1 atom stereocenters. The number of benzene rings is 1. The van der Waals surface area contributed by atoms with Gasteiger partial charge in [-0.25, -0.2) is 14.4 Å². The third-order valence-electron chi connectivity index (χ3n) is 1.92. The Bertz CT molecular complexity index is 493. The highest BCUT2D eigenvalue weighted by molar-refractivity contribution is 7.28. The Kier molecular flexibility index (Phi) is 3.25. The largest absolute Gasteiger partial charge is 0.478 e. The first-order valence-electron chi connectivity index (χ1n) is 3.98. The van der Waals surface area contributed by atoms with Crippen molar-refractivity contribution in [1.82, 2.24) is 0 Å². The molecular formula is C9H7O6P. The molecule has 0 radical (unpaired) electrons. The Balaban J connectivity index is 3.60. The van der Waals surface area contributed by atoms with Gasteiger partial charge in [0.1, 0.15) is 0 Å². The molecular weight excluding hydrogens is 235 g/mol. The standard InChI is InChI=1S/C9H7O6P/c10-7(11)3-1-2-4(8(12)13)6(16)5(3)9(14)15/h1-2H,16H2,(H,10,11)(H,12,13)(H,14,15). The van der Waals surface area contributed by atoms with Gasteiger partial charge in [-0.05, 0) is 17.4 Å². The molecule has 0 aromatic heterocycles. The fraction of sp³-hybridized carbons (Fsp3) is 0. The molecule has 0 aliphatic rings. The lowest BCUT2D eigenvalue weighted by atomic mass is 10.0. The SMILES string of the molecule is O=C(O)c1ccc(C(=O)O)c(C(=O)O)c1P. The minimum Gasteiger partial charge on any atom is -0.478 e. The van der Waals surface area contributed by atoms with Crippen molar-refractivity contribution in [3.05, 3.63) is 28.8 Å². The molecule has 1 aromatic rings. The summed E-state index contributed by atoms with van der Waals surface area (Å²) in [5, 5.41) is 26.2. The lowest BCUT2D eigenvalue weighted by Gasteiger charge is -2.07. The van der Waals surface area contributed by atoms with Gasteiger partial charge in [0, 0.05) is 0 Å². The van der Waals surface area contributed by atoms with Gasteiger partial charge < -0.3 is 15.3 Å². The summed E-state index contributed by atoms with van der Waals surface area (Å²) >= 11 is 0. The Hall–Kier alpha value is -1.94. The summed E-state index contributed by atoms with van der Waals surface area (Å²) in [6.07, 6.45) is 0. The second-order valence-corrected chi connectivity index (χ2v) is 3.44. The molecule has 3 N–H and O–H groups in total. The highest BCUT2D eigenvalue weighted by atomic mass is 31.0. The molecule has 0 saturated heterocycles. The summed E-state index contributed by atoms with van der Waals surface area (Å²) in [5.74, 6) is -4.21. The zero-order chi connectivity index (χ0) is 12.5. The molecule has 1 unspecified atom stereocenters. The monoisotopic (exact) mass is 242 g/mol. The van der Waals surface area contributed by atoms with Crippen molar-refractivity contribution >= 4 is 32.5 Å². The van der Waals surface area contributed by atoms with E-state index in [1.165, 1.54) is 0 Å². The maximum absolute atomic E-state index is 10.9. The number of carbonyl (C=O) groups is 3. The van der Waals surface area contributed by atoms with E-state index >= 15 is 0 Å². The van der Waals surface area contributed by atoms with E-state index in [0.717, 1.165) is 12.1 Å². The first kappa shape index (κ1) is 12.1. The van der Waals surface area contributed by atoms with Crippen LogP contribution >= 0.6 is 9.24 Å². The van der Waals surface area contributed by atoms with Crippen molar-refractivity contribution in [1.29, 1.82) is 0 Å². The van der Waals surface area contributed by atoms with Crippen molar-refractivity contribution in [3.8, 4) is 0 Å². The molecule has 0 bridgehead atoms. The van der Waals surface area contributed by atoms with E-state index in [-0.39, 0.29) is 10.9 Å². The number of hydrogen-bond donors (Lipinski definition) is 3. The van der Waals surface area contributed by atoms with Crippen LogP contribution in [0.5, 0.6) is 0 Å². The zero-order valence-corrected chi connectivity index (χ0v) is 8.95. The molecule has 0 fully saturated rings. The lowest BCUT2D eigenvalue weighted by Crippen LogP contribution is -2.21. The summed E-state index contributed by atoms with van der Waals surface area (Å²) < 4.78 is 0. The number of aromatic carboxylic acids is 3. The molecule has 16 heavy (non-hydrogen) atoms. The van der Waals surface area contributed by atoms with Gasteiger partial charge in [-0.2, -0.15) is 0 Å². The van der Waals surface area contributed by atoms with Crippen molar-refractivity contribution in [2.45, 2.75) is 0 Å². The maximum atomic E-state index is 10.9. The molecule has 0 saturated carbocycles. The minimum atomic E-state index is -1.48. The zero-order valence-electron chi connectivity index (χ0n) is 7.80. The first-order chi connectivity index (χ1) is 7.36. The number of hydrogen-bond acceptors (Lipinski definition) is 3. The van der Waals surface area contributed by atoms with Crippen molar-refractivity contribution in [3.63, 3.8) is 0 Å². The van der Waals surface area contributed by atoms with Gasteiger partial charge in [-0.1, -0.05) is 0 Å². The molecule has 0 spiro atoms. The predicted octanol–water partition coefficient (Wildman–Crippen LogP) is 0.282. The Morgan fingerprint density at radius 2 is 1.31 bits per heavy atom. The second-order valence-electron chi connectivity index (χ2n) is 2.86. The first-order valence-corrected chi connectivity index (χ1v) is 4.56. The summed E-state index contributed by atoms with van der Waals surface area (Å²) in [6, 6.07) is 2.02. The van der Waals surface area contributed by atoms with E-state index < -0.39 is 29.0 Å². The van der Waals surface area contributed by atoms with Crippen molar-refractivity contribution in [2.24, 2.45) is 0 Å². The molecule has 84 valence electrons. The number of carboxylic acids is 3. The van der Waals surface area contributed by atoms with Gasteiger partial charge in [0.25, 0.3) is 0 Å². The molecule has 0 aliphatic carbocycles. The average Bonchev–Trinajstić information content (AvgIpc) is 2.15. The molecule has 0 aliphatic heterocycles. The quantitative estimate of drug-likeness (QED) is 0.656. The second kappa shape index (κ2) is 4.28. The number of rotatable bonds is 3. The Morgan fingerprint density at radius 3 is 1.69 bits per heavy atom.